The van der Waals surface area contributed by atoms with Crippen LogP contribution in [0.4, 0.5) is 0 Å². The van der Waals surface area contributed by atoms with Crippen LogP contribution >= 0.6 is 0 Å². The summed E-state index contributed by atoms with van der Waals surface area (Å²) in [5.41, 5.74) is -0.585. The van der Waals surface area contributed by atoms with Gasteiger partial charge in [-0.2, -0.15) is 0 Å². The fraction of sp³-hybridized carbons (Fsp3) is 0.700. The standard InChI is InChI=1S/C10H18O2/c1-4-5-6-7-8-10(2,3)9(11)12/h5-6H,4,7-8H2,1-3H3,(H,11,12)/b6-5-. The van der Waals surface area contributed by atoms with E-state index in [1.165, 1.54) is 0 Å². The van der Waals surface area contributed by atoms with Gasteiger partial charge in [-0.15, -0.1) is 0 Å². The highest BCUT2D eigenvalue weighted by atomic mass is 16.4. The molecule has 0 saturated heterocycles. The topological polar surface area (TPSA) is 37.3 Å². The van der Waals surface area contributed by atoms with Crippen LogP contribution in [0.5, 0.6) is 0 Å². The van der Waals surface area contributed by atoms with E-state index in [4.69, 9.17) is 5.11 Å². The van der Waals surface area contributed by atoms with Crippen LogP contribution in [0.15, 0.2) is 12.2 Å². The molecule has 0 atom stereocenters. The summed E-state index contributed by atoms with van der Waals surface area (Å²) in [5.74, 6) is -0.715. The van der Waals surface area contributed by atoms with Gasteiger partial charge in [-0.25, -0.2) is 0 Å². The zero-order valence-electron chi connectivity index (χ0n) is 8.13. The Hall–Kier alpha value is -0.790. The van der Waals surface area contributed by atoms with Crippen molar-refractivity contribution in [3.8, 4) is 0 Å². The van der Waals surface area contributed by atoms with Crippen LogP contribution in [0, 0.1) is 5.41 Å². The zero-order valence-corrected chi connectivity index (χ0v) is 8.13. The molecular weight excluding hydrogens is 152 g/mol. The molecule has 0 saturated carbocycles. The molecule has 0 spiro atoms. The van der Waals surface area contributed by atoms with E-state index in [9.17, 15) is 4.79 Å². The number of carbonyl (C=O) groups is 1. The van der Waals surface area contributed by atoms with Gasteiger partial charge >= 0.3 is 5.97 Å². The van der Waals surface area contributed by atoms with Gasteiger partial charge in [0.2, 0.25) is 0 Å². The van der Waals surface area contributed by atoms with Gasteiger partial charge in [0.05, 0.1) is 5.41 Å². The van der Waals surface area contributed by atoms with Crippen molar-refractivity contribution in [1.29, 1.82) is 0 Å². The van der Waals surface area contributed by atoms with Gasteiger partial charge in [-0.05, 0) is 33.1 Å². The average molecular weight is 170 g/mol. The molecule has 0 unspecified atom stereocenters. The Morgan fingerprint density at radius 3 is 2.42 bits per heavy atom. The van der Waals surface area contributed by atoms with Crippen molar-refractivity contribution >= 4 is 5.97 Å². The summed E-state index contributed by atoms with van der Waals surface area (Å²) in [6, 6.07) is 0. The largest absolute Gasteiger partial charge is 0.481 e. The lowest BCUT2D eigenvalue weighted by molar-refractivity contribution is -0.147. The molecule has 0 bridgehead atoms. The van der Waals surface area contributed by atoms with Crippen molar-refractivity contribution < 1.29 is 9.90 Å². The molecule has 0 aromatic rings. The third-order valence-electron chi connectivity index (χ3n) is 1.92. The lowest BCUT2D eigenvalue weighted by atomic mass is 9.88. The van der Waals surface area contributed by atoms with Gasteiger partial charge in [0, 0.05) is 0 Å². The molecule has 0 fully saturated rings. The molecular formula is C10H18O2. The second-order valence-electron chi connectivity index (χ2n) is 3.61. The third-order valence-corrected chi connectivity index (χ3v) is 1.92. The molecule has 0 aliphatic rings. The highest BCUT2D eigenvalue weighted by Gasteiger charge is 2.25. The van der Waals surface area contributed by atoms with E-state index >= 15 is 0 Å². The Labute approximate surface area is 74.3 Å². The lowest BCUT2D eigenvalue weighted by Crippen LogP contribution is -2.22. The number of carboxylic acids is 1. The highest BCUT2D eigenvalue weighted by Crippen LogP contribution is 2.22. The van der Waals surface area contributed by atoms with Crippen LogP contribution < -0.4 is 0 Å². The molecule has 2 nitrogen and oxygen atoms in total. The highest BCUT2D eigenvalue weighted by molar-refractivity contribution is 5.73. The fourth-order valence-electron chi connectivity index (χ4n) is 0.836. The number of hydrogen-bond donors (Lipinski definition) is 1. The minimum atomic E-state index is -0.715. The molecule has 0 aromatic heterocycles. The number of aliphatic carboxylic acids is 1. The Morgan fingerprint density at radius 1 is 1.42 bits per heavy atom. The van der Waals surface area contributed by atoms with Crippen molar-refractivity contribution in [3.63, 3.8) is 0 Å². The summed E-state index contributed by atoms with van der Waals surface area (Å²) in [6.45, 7) is 5.59. The maximum atomic E-state index is 10.7. The fourth-order valence-corrected chi connectivity index (χ4v) is 0.836. The Morgan fingerprint density at radius 2 is 2.00 bits per heavy atom. The van der Waals surface area contributed by atoms with Gasteiger partial charge < -0.3 is 5.11 Å². The van der Waals surface area contributed by atoms with E-state index in [2.05, 4.69) is 13.0 Å². The smallest absolute Gasteiger partial charge is 0.309 e. The molecule has 0 aliphatic carbocycles. The Balaban J connectivity index is 3.76. The van der Waals surface area contributed by atoms with Crippen LogP contribution in [-0.4, -0.2) is 11.1 Å². The van der Waals surface area contributed by atoms with Crippen LogP contribution in [-0.2, 0) is 4.79 Å². The molecule has 1 N–H and O–H groups in total. The first-order valence-corrected chi connectivity index (χ1v) is 4.39. The van der Waals surface area contributed by atoms with Crippen molar-refractivity contribution in [2.45, 2.75) is 40.0 Å². The van der Waals surface area contributed by atoms with E-state index in [0.29, 0.717) is 6.42 Å². The molecule has 12 heavy (non-hydrogen) atoms. The maximum Gasteiger partial charge on any atom is 0.309 e. The van der Waals surface area contributed by atoms with Crippen molar-refractivity contribution in [1.82, 2.24) is 0 Å². The molecule has 0 heterocycles. The molecule has 70 valence electrons. The monoisotopic (exact) mass is 170 g/mol. The predicted molar refractivity (Wildman–Crippen MR) is 50.1 cm³/mol. The first-order chi connectivity index (χ1) is 5.50. The summed E-state index contributed by atoms with van der Waals surface area (Å²) in [7, 11) is 0. The Kier molecular flexibility index (Phi) is 4.64. The minimum absolute atomic E-state index is 0.585. The maximum absolute atomic E-state index is 10.7. The molecule has 0 aliphatic heterocycles. The normalized spacial score (nSPS) is 12.2. The SMILES string of the molecule is CC/C=C\CCC(C)(C)C(=O)O. The number of rotatable bonds is 5. The van der Waals surface area contributed by atoms with Gasteiger partial charge in [-0.1, -0.05) is 19.1 Å². The Bertz CT molecular complexity index is 169. The van der Waals surface area contributed by atoms with Crippen molar-refractivity contribution in [2.24, 2.45) is 5.41 Å². The van der Waals surface area contributed by atoms with Crippen LogP contribution in [0.3, 0.4) is 0 Å². The van der Waals surface area contributed by atoms with Crippen LogP contribution in [0.1, 0.15) is 40.0 Å². The summed E-state index contributed by atoms with van der Waals surface area (Å²) >= 11 is 0. The van der Waals surface area contributed by atoms with E-state index in [0.717, 1.165) is 12.8 Å². The number of hydrogen-bond acceptors (Lipinski definition) is 1. The van der Waals surface area contributed by atoms with E-state index in [-0.39, 0.29) is 0 Å². The summed E-state index contributed by atoms with van der Waals surface area (Å²) < 4.78 is 0. The number of allylic oxidation sites excluding steroid dienone is 2. The molecule has 2 heteroatoms. The van der Waals surface area contributed by atoms with Crippen molar-refractivity contribution in [3.05, 3.63) is 12.2 Å². The first-order valence-electron chi connectivity index (χ1n) is 4.39. The number of carboxylic acid groups (broad SMARTS) is 1. The van der Waals surface area contributed by atoms with Crippen LogP contribution in [0.2, 0.25) is 0 Å². The predicted octanol–water partition coefficient (Wildman–Crippen LogP) is 2.84. The molecule has 0 rings (SSSR count). The van der Waals surface area contributed by atoms with Gasteiger partial charge in [0.25, 0.3) is 0 Å². The summed E-state index contributed by atoms with van der Waals surface area (Å²) in [6.07, 6.45) is 6.70. The third kappa shape index (κ3) is 4.16. The minimum Gasteiger partial charge on any atom is -0.481 e. The van der Waals surface area contributed by atoms with Crippen LogP contribution in [0.25, 0.3) is 0 Å². The average Bonchev–Trinajstić information content (AvgIpc) is 1.98. The second-order valence-corrected chi connectivity index (χ2v) is 3.61. The molecule has 0 aromatic carbocycles. The zero-order chi connectivity index (χ0) is 9.61. The first kappa shape index (κ1) is 11.2. The van der Waals surface area contributed by atoms with Gasteiger partial charge in [-0.3, -0.25) is 4.79 Å². The van der Waals surface area contributed by atoms with E-state index in [1.807, 2.05) is 6.08 Å². The molecule has 0 amide bonds. The van der Waals surface area contributed by atoms with Crippen molar-refractivity contribution in [2.75, 3.05) is 0 Å². The quantitative estimate of drug-likeness (QED) is 0.644. The second kappa shape index (κ2) is 4.96. The van der Waals surface area contributed by atoms with E-state index < -0.39 is 11.4 Å². The van der Waals surface area contributed by atoms with Gasteiger partial charge in [0.15, 0.2) is 0 Å². The lowest BCUT2D eigenvalue weighted by Gasteiger charge is -2.17. The van der Waals surface area contributed by atoms with E-state index in [1.54, 1.807) is 13.8 Å². The summed E-state index contributed by atoms with van der Waals surface area (Å²) in [4.78, 5) is 10.7. The summed E-state index contributed by atoms with van der Waals surface area (Å²) in [5, 5.41) is 8.77. The van der Waals surface area contributed by atoms with Gasteiger partial charge in [0.1, 0.15) is 0 Å². The molecule has 0 radical (unpaired) electrons.